The van der Waals surface area contributed by atoms with Crippen LogP contribution in [-0.2, 0) is 11.3 Å². The van der Waals surface area contributed by atoms with Gasteiger partial charge in [0, 0.05) is 9.35 Å². The normalized spacial score (nSPS) is 25.3. The van der Waals surface area contributed by atoms with Gasteiger partial charge in [-0.25, -0.2) is 9.59 Å². The molecule has 1 aromatic rings. The molecule has 2 amide bonds. The third-order valence-corrected chi connectivity index (χ3v) is 6.04. The Balaban J connectivity index is 1.99. The Hall–Kier alpha value is -1.08. The van der Waals surface area contributed by atoms with Crippen molar-refractivity contribution in [2.45, 2.75) is 44.7 Å². The van der Waals surface area contributed by atoms with Gasteiger partial charge < -0.3 is 15.7 Å². The van der Waals surface area contributed by atoms with Crippen LogP contribution >= 0.6 is 27.3 Å². The van der Waals surface area contributed by atoms with Crippen molar-refractivity contribution >= 4 is 39.3 Å². The number of urea groups is 1. The first kappa shape index (κ1) is 16.3. The summed E-state index contributed by atoms with van der Waals surface area (Å²) < 4.78 is 0.951. The third kappa shape index (κ3) is 3.58. The second kappa shape index (κ2) is 6.79. The smallest absolute Gasteiger partial charge is 0.329 e. The largest absolute Gasteiger partial charge is 0.479 e. The van der Waals surface area contributed by atoms with Gasteiger partial charge in [0.2, 0.25) is 0 Å². The highest BCUT2D eigenvalue weighted by atomic mass is 79.9. The highest BCUT2D eigenvalue weighted by Crippen LogP contribution is 2.34. The molecule has 0 saturated heterocycles. The quantitative estimate of drug-likeness (QED) is 0.755. The lowest BCUT2D eigenvalue weighted by atomic mass is 9.73. The maximum absolute atomic E-state index is 12.1. The molecule has 7 heteroatoms. The second-order valence-corrected chi connectivity index (χ2v) is 7.28. The molecule has 1 heterocycles. The van der Waals surface area contributed by atoms with Gasteiger partial charge in [-0.1, -0.05) is 19.8 Å². The molecule has 0 radical (unpaired) electrons. The molecule has 5 nitrogen and oxygen atoms in total. The monoisotopic (exact) mass is 374 g/mol. The summed E-state index contributed by atoms with van der Waals surface area (Å²) in [6.07, 6.45) is 3.15. The summed E-state index contributed by atoms with van der Waals surface area (Å²) in [5.41, 5.74) is -1.14. The van der Waals surface area contributed by atoms with Crippen LogP contribution in [0.5, 0.6) is 0 Å². The van der Waals surface area contributed by atoms with Crippen molar-refractivity contribution < 1.29 is 14.7 Å². The van der Waals surface area contributed by atoms with Crippen LogP contribution in [0.2, 0.25) is 0 Å². The first-order chi connectivity index (χ1) is 9.95. The fraction of sp³-hybridized carbons (Fsp3) is 0.571. The first-order valence-electron chi connectivity index (χ1n) is 6.97. The van der Waals surface area contributed by atoms with Crippen LogP contribution in [0.3, 0.4) is 0 Å². The summed E-state index contributed by atoms with van der Waals surface area (Å²) >= 11 is 4.94. The number of nitrogens with one attached hydrogen (secondary N) is 2. The van der Waals surface area contributed by atoms with Gasteiger partial charge in [0.1, 0.15) is 5.54 Å². The van der Waals surface area contributed by atoms with Gasteiger partial charge in [0.15, 0.2) is 0 Å². The lowest BCUT2D eigenvalue weighted by Gasteiger charge is -2.39. The average Bonchev–Trinajstić information content (AvgIpc) is 2.84. The molecule has 0 spiro atoms. The SMILES string of the molecule is CC1CCCCC1(NC(=O)NCc1sccc1Br)C(=O)O. The molecular weight excluding hydrogens is 356 g/mol. The van der Waals surface area contributed by atoms with Crippen molar-refractivity contribution in [1.29, 1.82) is 0 Å². The number of carboxylic acid groups (broad SMARTS) is 1. The van der Waals surface area contributed by atoms with Crippen molar-refractivity contribution in [2.75, 3.05) is 0 Å². The molecule has 1 aliphatic carbocycles. The summed E-state index contributed by atoms with van der Waals surface area (Å²) in [4.78, 5) is 24.7. The number of rotatable bonds is 4. The van der Waals surface area contributed by atoms with Crippen LogP contribution in [-0.4, -0.2) is 22.6 Å². The van der Waals surface area contributed by atoms with Crippen molar-refractivity contribution in [3.8, 4) is 0 Å². The van der Waals surface area contributed by atoms with E-state index >= 15 is 0 Å². The molecule has 3 N–H and O–H groups in total. The molecular formula is C14H19BrN2O3S. The topological polar surface area (TPSA) is 78.4 Å². The van der Waals surface area contributed by atoms with E-state index in [-0.39, 0.29) is 5.92 Å². The second-order valence-electron chi connectivity index (χ2n) is 5.42. The number of halogens is 1. The number of carbonyl (C=O) groups excluding carboxylic acids is 1. The standard InChI is InChI=1S/C14H19BrN2O3S/c1-9-4-2-3-6-14(9,12(18)19)17-13(20)16-8-11-10(15)5-7-21-11/h5,7,9H,2-4,6,8H2,1H3,(H,18,19)(H2,16,17,20). The molecule has 0 aromatic carbocycles. The Morgan fingerprint density at radius 1 is 1.52 bits per heavy atom. The van der Waals surface area contributed by atoms with E-state index in [1.54, 1.807) is 0 Å². The van der Waals surface area contributed by atoms with E-state index in [0.717, 1.165) is 28.6 Å². The van der Waals surface area contributed by atoms with Crippen LogP contribution in [0.25, 0.3) is 0 Å². The summed E-state index contributed by atoms with van der Waals surface area (Å²) in [6, 6.07) is 1.49. The fourth-order valence-corrected chi connectivity index (χ4v) is 4.19. The molecule has 1 saturated carbocycles. The molecule has 1 fully saturated rings. The van der Waals surface area contributed by atoms with Crippen LogP contribution in [0.4, 0.5) is 4.79 Å². The number of carbonyl (C=O) groups is 2. The summed E-state index contributed by atoms with van der Waals surface area (Å²) in [7, 11) is 0. The summed E-state index contributed by atoms with van der Waals surface area (Å²) in [5.74, 6) is -1.01. The molecule has 0 bridgehead atoms. The van der Waals surface area contributed by atoms with E-state index in [1.165, 1.54) is 11.3 Å². The zero-order chi connectivity index (χ0) is 15.5. The van der Waals surface area contributed by atoms with Gasteiger partial charge in [-0.05, 0) is 46.1 Å². The van der Waals surface area contributed by atoms with E-state index < -0.39 is 17.5 Å². The molecule has 2 atom stereocenters. The van der Waals surface area contributed by atoms with Gasteiger partial charge >= 0.3 is 12.0 Å². The molecule has 1 aromatic heterocycles. The Kier molecular flexibility index (Phi) is 5.27. The van der Waals surface area contributed by atoms with Gasteiger partial charge in [0.05, 0.1) is 6.54 Å². The Labute approximate surface area is 136 Å². The molecule has 116 valence electrons. The van der Waals surface area contributed by atoms with Gasteiger partial charge in [-0.2, -0.15) is 0 Å². The number of hydrogen-bond donors (Lipinski definition) is 3. The zero-order valence-corrected chi connectivity index (χ0v) is 14.2. The minimum atomic E-state index is -1.14. The number of aliphatic carboxylic acids is 1. The van der Waals surface area contributed by atoms with Crippen molar-refractivity contribution in [1.82, 2.24) is 10.6 Å². The lowest BCUT2D eigenvalue weighted by Crippen LogP contribution is -2.61. The van der Waals surface area contributed by atoms with E-state index in [4.69, 9.17) is 0 Å². The first-order valence-corrected chi connectivity index (χ1v) is 8.64. The fourth-order valence-electron chi connectivity index (χ4n) is 2.76. The highest BCUT2D eigenvalue weighted by Gasteiger charge is 2.46. The number of carboxylic acids is 1. The molecule has 21 heavy (non-hydrogen) atoms. The Morgan fingerprint density at radius 3 is 2.86 bits per heavy atom. The van der Waals surface area contributed by atoms with Crippen molar-refractivity contribution in [3.63, 3.8) is 0 Å². The minimum absolute atomic E-state index is 0.0667. The van der Waals surface area contributed by atoms with Gasteiger partial charge in [-0.15, -0.1) is 11.3 Å². The van der Waals surface area contributed by atoms with Crippen molar-refractivity contribution in [3.05, 3.63) is 20.8 Å². The van der Waals surface area contributed by atoms with E-state index in [1.807, 2.05) is 18.4 Å². The molecule has 1 aliphatic rings. The summed E-state index contributed by atoms with van der Waals surface area (Å²) in [6.45, 7) is 2.28. The average molecular weight is 375 g/mol. The minimum Gasteiger partial charge on any atom is -0.479 e. The zero-order valence-electron chi connectivity index (χ0n) is 11.8. The Morgan fingerprint density at radius 2 is 2.29 bits per heavy atom. The van der Waals surface area contributed by atoms with Crippen LogP contribution in [0, 0.1) is 5.92 Å². The Bertz CT molecular complexity index is 534. The number of thiophene rings is 1. The van der Waals surface area contributed by atoms with Crippen LogP contribution < -0.4 is 10.6 Å². The van der Waals surface area contributed by atoms with Crippen molar-refractivity contribution in [2.24, 2.45) is 5.92 Å². The van der Waals surface area contributed by atoms with E-state index in [2.05, 4.69) is 26.6 Å². The number of hydrogen-bond acceptors (Lipinski definition) is 3. The van der Waals surface area contributed by atoms with E-state index in [0.29, 0.717) is 13.0 Å². The maximum Gasteiger partial charge on any atom is 0.329 e. The molecule has 2 unspecified atom stereocenters. The third-order valence-electron chi connectivity index (χ3n) is 4.12. The predicted octanol–water partition coefficient (Wildman–Crippen LogP) is 3.34. The van der Waals surface area contributed by atoms with Gasteiger partial charge in [-0.3, -0.25) is 0 Å². The summed E-state index contributed by atoms with van der Waals surface area (Å²) in [5, 5.41) is 16.9. The van der Waals surface area contributed by atoms with Crippen LogP contribution in [0.15, 0.2) is 15.9 Å². The molecule has 0 aliphatic heterocycles. The number of amides is 2. The highest BCUT2D eigenvalue weighted by molar-refractivity contribution is 9.10. The lowest BCUT2D eigenvalue weighted by molar-refractivity contribution is -0.148. The molecule has 2 rings (SSSR count). The predicted molar refractivity (Wildman–Crippen MR) is 85.4 cm³/mol. The maximum atomic E-state index is 12.1. The van der Waals surface area contributed by atoms with Crippen LogP contribution in [0.1, 0.15) is 37.5 Å². The van der Waals surface area contributed by atoms with Gasteiger partial charge in [0.25, 0.3) is 0 Å². The van der Waals surface area contributed by atoms with E-state index in [9.17, 15) is 14.7 Å².